The van der Waals surface area contributed by atoms with Gasteiger partial charge < -0.3 is 0 Å². The highest BCUT2D eigenvalue weighted by atomic mass is 32.2. The van der Waals surface area contributed by atoms with Gasteiger partial charge in [-0.25, -0.2) is 0 Å². The van der Waals surface area contributed by atoms with E-state index in [0.29, 0.717) is 0 Å². The third-order valence-corrected chi connectivity index (χ3v) is 6.12. The molecule has 4 heteroatoms. The first kappa shape index (κ1) is 11.4. The van der Waals surface area contributed by atoms with E-state index in [2.05, 4.69) is 0 Å². The summed E-state index contributed by atoms with van der Waals surface area (Å²) in [6.07, 6.45) is 1.23. The normalized spacial score (nSPS) is 17.6. The number of hydrogen-bond donors (Lipinski definition) is 0. The van der Waals surface area contributed by atoms with Gasteiger partial charge in [-0.15, -0.1) is 23.5 Å². The van der Waals surface area contributed by atoms with Gasteiger partial charge in [-0.2, -0.15) is 0 Å². The van der Waals surface area contributed by atoms with Crippen LogP contribution in [-0.4, -0.2) is 21.2 Å². The number of carbonyl (C=O) groups excluding carboxylic acids is 1. The second kappa shape index (κ2) is 5.87. The number of carbonyl (C=O) groups is 1. The van der Waals surface area contributed by atoms with E-state index >= 15 is 0 Å². The molecule has 1 fully saturated rings. The summed E-state index contributed by atoms with van der Waals surface area (Å²) in [5, 5.41) is 0.288. The summed E-state index contributed by atoms with van der Waals surface area (Å²) < 4.78 is 0.143. The number of thioether (sulfide) groups is 3. The van der Waals surface area contributed by atoms with Crippen molar-refractivity contribution in [3.05, 3.63) is 30.3 Å². The summed E-state index contributed by atoms with van der Waals surface area (Å²) in [4.78, 5) is 12.9. The van der Waals surface area contributed by atoms with Crippen LogP contribution in [0.2, 0.25) is 0 Å². The molecule has 0 atom stereocenters. The van der Waals surface area contributed by atoms with Crippen LogP contribution < -0.4 is 0 Å². The predicted octanol–water partition coefficient (Wildman–Crippen LogP) is 3.50. The molecule has 0 amide bonds. The average Bonchev–Trinajstić information content (AvgIpc) is 2.31. The standard InChI is InChI=1S/C11H12OS3/c12-10(11-13-7-4-8-14-11)15-9-5-2-1-3-6-9/h1-3,5-6,11H,4,7-8H2. The molecule has 1 aliphatic heterocycles. The molecule has 80 valence electrons. The zero-order chi connectivity index (χ0) is 10.5. The Labute approximate surface area is 103 Å². The summed E-state index contributed by atoms with van der Waals surface area (Å²) in [5.74, 6) is 2.25. The van der Waals surface area contributed by atoms with Gasteiger partial charge in [-0.3, -0.25) is 4.79 Å². The Morgan fingerprint density at radius 2 is 1.87 bits per heavy atom. The van der Waals surface area contributed by atoms with Crippen LogP contribution in [0, 0.1) is 0 Å². The monoisotopic (exact) mass is 256 g/mol. The molecule has 1 heterocycles. The summed E-state index contributed by atoms with van der Waals surface area (Å²) in [7, 11) is 0. The predicted molar refractivity (Wildman–Crippen MR) is 70.6 cm³/mol. The second-order valence-corrected chi connectivity index (χ2v) is 6.96. The van der Waals surface area contributed by atoms with E-state index in [-0.39, 0.29) is 9.70 Å². The Kier molecular flexibility index (Phi) is 4.47. The smallest absolute Gasteiger partial charge is 0.216 e. The molecule has 0 N–H and O–H groups in total. The first-order valence-corrected chi connectivity index (χ1v) is 7.77. The first-order valence-electron chi connectivity index (χ1n) is 4.86. The maximum atomic E-state index is 11.9. The van der Waals surface area contributed by atoms with Crippen LogP contribution in [0.4, 0.5) is 0 Å². The Hall–Kier alpha value is -0.0600. The zero-order valence-corrected chi connectivity index (χ0v) is 10.7. The molecule has 0 bridgehead atoms. The highest BCUT2D eigenvalue weighted by Crippen LogP contribution is 2.35. The van der Waals surface area contributed by atoms with Crippen molar-refractivity contribution in [3.63, 3.8) is 0 Å². The van der Waals surface area contributed by atoms with E-state index in [4.69, 9.17) is 0 Å². The molecule has 0 unspecified atom stereocenters. The van der Waals surface area contributed by atoms with Crippen LogP contribution in [-0.2, 0) is 4.79 Å². The molecule has 0 radical (unpaired) electrons. The van der Waals surface area contributed by atoms with E-state index in [9.17, 15) is 4.79 Å². The van der Waals surface area contributed by atoms with Gasteiger partial charge in [0.05, 0.1) is 0 Å². The van der Waals surface area contributed by atoms with E-state index in [1.165, 1.54) is 18.2 Å². The van der Waals surface area contributed by atoms with Gasteiger partial charge in [-0.1, -0.05) is 18.2 Å². The van der Waals surface area contributed by atoms with Crippen molar-refractivity contribution in [1.82, 2.24) is 0 Å². The van der Waals surface area contributed by atoms with E-state index < -0.39 is 0 Å². The molecule has 1 saturated heterocycles. The van der Waals surface area contributed by atoms with Gasteiger partial charge in [0, 0.05) is 4.90 Å². The van der Waals surface area contributed by atoms with E-state index in [1.807, 2.05) is 30.3 Å². The number of benzene rings is 1. The second-order valence-electron chi connectivity index (χ2n) is 3.16. The van der Waals surface area contributed by atoms with Crippen molar-refractivity contribution < 1.29 is 4.79 Å². The number of hydrogen-bond acceptors (Lipinski definition) is 4. The highest BCUT2D eigenvalue weighted by Gasteiger charge is 2.22. The lowest BCUT2D eigenvalue weighted by atomic mass is 10.4. The van der Waals surface area contributed by atoms with Crippen LogP contribution in [0.1, 0.15) is 6.42 Å². The molecule has 1 aliphatic rings. The van der Waals surface area contributed by atoms with Gasteiger partial charge >= 0.3 is 0 Å². The fraction of sp³-hybridized carbons (Fsp3) is 0.364. The maximum absolute atomic E-state index is 11.9. The van der Waals surface area contributed by atoms with Crippen molar-refractivity contribution in [3.8, 4) is 0 Å². The lowest BCUT2D eigenvalue weighted by Gasteiger charge is -2.18. The van der Waals surface area contributed by atoms with E-state index in [1.54, 1.807) is 23.5 Å². The molecule has 0 aromatic heterocycles. The van der Waals surface area contributed by atoms with Crippen LogP contribution in [0.15, 0.2) is 35.2 Å². The van der Waals surface area contributed by atoms with E-state index in [0.717, 1.165) is 16.4 Å². The SMILES string of the molecule is O=C(Sc1ccccc1)C1SCCCS1. The Morgan fingerprint density at radius 1 is 1.20 bits per heavy atom. The van der Waals surface area contributed by atoms with Crippen molar-refractivity contribution in [1.29, 1.82) is 0 Å². The molecule has 0 saturated carbocycles. The summed E-state index contributed by atoms with van der Waals surface area (Å²) in [6.45, 7) is 0. The van der Waals surface area contributed by atoms with Gasteiger partial charge in [0.2, 0.25) is 5.12 Å². The average molecular weight is 256 g/mol. The van der Waals surface area contributed by atoms with Crippen molar-refractivity contribution in [2.24, 2.45) is 0 Å². The molecule has 1 aromatic carbocycles. The minimum Gasteiger partial charge on any atom is -0.285 e. The molecular weight excluding hydrogens is 244 g/mol. The molecule has 15 heavy (non-hydrogen) atoms. The first-order chi connectivity index (χ1) is 7.36. The molecule has 0 spiro atoms. The topological polar surface area (TPSA) is 17.1 Å². The summed E-state index contributed by atoms with van der Waals surface area (Å²) in [6, 6.07) is 9.88. The zero-order valence-electron chi connectivity index (χ0n) is 8.22. The fourth-order valence-corrected chi connectivity index (χ4v) is 5.06. The molecule has 1 nitrogen and oxygen atoms in total. The molecule has 0 aliphatic carbocycles. The van der Waals surface area contributed by atoms with Crippen molar-refractivity contribution in [2.45, 2.75) is 15.9 Å². The lowest BCUT2D eigenvalue weighted by Crippen LogP contribution is -2.14. The van der Waals surface area contributed by atoms with Gasteiger partial charge in [-0.05, 0) is 41.8 Å². The van der Waals surface area contributed by atoms with Gasteiger partial charge in [0.1, 0.15) is 4.58 Å². The minimum atomic E-state index is 0.143. The Morgan fingerprint density at radius 3 is 2.53 bits per heavy atom. The van der Waals surface area contributed by atoms with Crippen molar-refractivity contribution in [2.75, 3.05) is 11.5 Å². The quantitative estimate of drug-likeness (QED) is 0.753. The fourth-order valence-electron chi connectivity index (χ4n) is 1.28. The van der Waals surface area contributed by atoms with Crippen LogP contribution in [0.5, 0.6) is 0 Å². The largest absolute Gasteiger partial charge is 0.285 e. The Bertz CT molecular complexity index is 320. The molecule has 2 rings (SSSR count). The van der Waals surface area contributed by atoms with Crippen LogP contribution in [0.25, 0.3) is 0 Å². The Balaban J connectivity index is 1.91. The lowest BCUT2D eigenvalue weighted by molar-refractivity contribution is -0.109. The van der Waals surface area contributed by atoms with Gasteiger partial charge in [0.25, 0.3) is 0 Å². The highest BCUT2D eigenvalue weighted by molar-refractivity contribution is 8.24. The molecular formula is C11H12OS3. The van der Waals surface area contributed by atoms with Crippen LogP contribution >= 0.6 is 35.3 Å². The van der Waals surface area contributed by atoms with Gasteiger partial charge in [0.15, 0.2) is 0 Å². The number of rotatable bonds is 2. The third kappa shape index (κ3) is 3.47. The summed E-state index contributed by atoms with van der Waals surface area (Å²) >= 11 is 4.94. The maximum Gasteiger partial charge on any atom is 0.216 e. The van der Waals surface area contributed by atoms with Crippen molar-refractivity contribution >= 4 is 40.4 Å². The minimum absolute atomic E-state index is 0.143. The van der Waals surface area contributed by atoms with Crippen LogP contribution in [0.3, 0.4) is 0 Å². The third-order valence-electron chi connectivity index (χ3n) is 1.98. The molecule has 1 aromatic rings. The summed E-state index contributed by atoms with van der Waals surface area (Å²) in [5.41, 5.74) is 0.